The summed E-state index contributed by atoms with van der Waals surface area (Å²) in [5.41, 5.74) is 4.13. The summed E-state index contributed by atoms with van der Waals surface area (Å²) in [6, 6.07) is 14.1. The van der Waals surface area contributed by atoms with Gasteiger partial charge in [0.1, 0.15) is 6.04 Å². The van der Waals surface area contributed by atoms with E-state index in [4.69, 9.17) is 5.11 Å². The first-order valence-corrected chi connectivity index (χ1v) is 9.76. The van der Waals surface area contributed by atoms with Gasteiger partial charge < -0.3 is 19.5 Å². The summed E-state index contributed by atoms with van der Waals surface area (Å²) in [5.74, 6) is -1.08. The molecule has 1 unspecified atom stereocenters. The Bertz CT molecular complexity index is 1130. The standard InChI is InChI=1S/C23H23N3O4/c1-24(2)22(28)21-20-17-5-3-4-6-18(17)26(19(20)11-12-25(21)14-27)13-15-7-9-16(10-8-15)23(29)30/h3-10,14,21H,11-13H2,1-2H3,(H,29,30). The molecule has 3 aromatic rings. The van der Waals surface area contributed by atoms with E-state index >= 15 is 0 Å². The van der Waals surface area contributed by atoms with Crippen LogP contribution in [-0.2, 0) is 22.6 Å². The quantitative estimate of drug-likeness (QED) is 0.662. The first kappa shape index (κ1) is 19.7. The Labute approximate surface area is 174 Å². The molecule has 0 aliphatic carbocycles. The van der Waals surface area contributed by atoms with Crippen LogP contribution in [0, 0.1) is 0 Å². The molecule has 0 spiro atoms. The Morgan fingerprint density at radius 1 is 1.13 bits per heavy atom. The van der Waals surface area contributed by atoms with E-state index in [1.54, 1.807) is 31.1 Å². The Morgan fingerprint density at radius 2 is 1.83 bits per heavy atom. The van der Waals surface area contributed by atoms with Crippen molar-refractivity contribution in [1.29, 1.82) is 0 Å². The van der Waals surface area contributed by atoms with E-state index in [0.717, 1.165) is 34.1 Å². The largest absolute Gasteiger partial charge is 0.478 e. The molecule has 4 rings (SSSR count). The van der Waals surface area contributed by atoms with E-state index in [-0.39, 0.29) is 11.5 Å². The molecule has 2 heterocycles. The highest BCUT2D eigenvalue weighted by Crippen LogP contribution is 2.38. The molecule has 0 saturated carbocycles. The summed E-state index contributed by atoms with van der Waals surface area (Å²) >= 11 is 0. The zero-order valence-corrected chi connectivity index (χ0v) is 16.9. The van der Waals surface area contributed by atoms with Crippen molar-refractivity contribution in [3.8, 4) is 0 Å². The van der Waals surface area contributed by atoms with Crippen LogP contribution in [0.25, 0.3) is 10.9 Å². The molecule has 1 atom stereocenters. The van der Waals surface area contributed by atoms with Gasteiger partial charge in [-0.15, -0.1) is 0 Å². The van der Waals surface area contributed by atoms with Gasteiger partial charge in [0.15, 0.2) is 0 Å². The second-order valence-electron chi connectivity index (χ2n) is 7.69. The summed E-state index contributed by atoms with van der Waals surface area (Å²) in [4.78, 5) is 39.0. The molecule has 7 nitrogen and oxygen atoms in total. The van der Waals surface area contributed by atoms with E-state index in [9.17, 15) is 14.4 Å². The predicted molar refractivity (Wildman–Crippen MR) is 112 cm³/mol. The minimum atomic E-state index is -0.954. The number of hydrogen-bond acceptors (Lipinski definition) is 3. The molecule has 2 aromatic carbocycles. The van der Waals surface area contributed by atoms with Crippen LogP contribution in [0.3, 0.4) is 0 Å². The summed E-state index contributed by atoms with van der Waals surface area (Å²) in [6.07, 6.45) is 1.40. The molecule has 1 aromatic heterocycles. The Balaban J connectivity index is 1.86. The third-order valence-corrected chi connectivity index (χ3v) is 5.69. The lowest BCUT2D eigenvalue weighted by molar-refractivity contribution is -0.139. The van der Waals surface area contributed by atoms with Gasteiger partial charge in [0, 0.05) is 55.8 Å². The molecular formula is C23H23N3O4. The lowest BCUT2D eigenvalue weighted by Gasteiger charge is -2.34. The minimum absolute atomic E-state index is 0.128. The maximum atomic E-state index is 13.0. The van der Waals surface area contributed by atoms with Crippen molar-refractivity contribution in [2.75, 3.05) is 20.6 Å². The average molecular weight is 405 g/mol. The van der Waals surface area contributed by atoms with E-state index in [1.165, 1.54) is 4.90 Å². The van der Waals surface area contributed by atoms with E-state index in [0.29, 0.717) is 19.5 Å². The van der Waals surface area contributed by atoms with Gasteiger partial charge in [0.05, 0.1) is 5.56 Å². The van der Waals surface area contributed by atoms with E-state index in [2.05, 4.69) is 4.57 Å². The predicted octanol–water partition coefficient (Wildman–Crippen LogP) is 2.53. The van der Waals surface area contributed by atoms with Crippen LogP contribution < -0.4 is 0 Å². The van der Waals surface area contributed by atoms with Crippen LogP contribution in [0.4, 0.5) is 0 Å². The minimum Gasteiger partial charge on any atom is -0.478 e. The number of nitrogens with zero attached hydrogens (tertiary/aromatic N) is 3. The lowest BCUT2D eigenvalue weighted by Crippen LogP contribution is -2.43. The SMILES string of the molecule is CN(C)C(=O)C1c2c(n(Cc3ccc(C(=O)O)cc3)c3ccccc23)CCN1C=O. The highest BCUT2D eigenvalue weighted by molar-refractivity contribution is 5.95. The number of para-hydroxylation sites is 1. The molecule has 0 saturated heterocycles. The number of rotatable bonds is 5. The normalized spacial score (nSPS) is 15.7. The van der Waals surface area contributed by atoms with Crippen LogP contribution in [0.2, 0.25) is 0 Å². The fourth-order valence-corrected chi connectivity index (χ4v) is 4.23. The van der Waals surface area contributed by atoms with Crippen LogP contribution in [0.15, 0.2) is 48.5 Å². The highest BCUT2D eigenvalue weighted by Gasteiger charge is 2.37. The number of benzene rings is 2. The van der Waals surface area contributed by atoms with Crippen LogP contribution in [0.1, 0.15) is 33.2 Å². The van der Waals surface area contributed by atoms with Gasteiger partial charge in [0.25, 0.3) is 0 Å². The molecule has 30 heavy (non-hydrogen) atoms. The number of likely N-dealkylation sites (N-methyl/N-ethyl adjacent to an activating group) is 1. The summed E-state index contributed by atoms with van der Waals surface area (Å²) in [7, 11) is 3.39. The fraction of sp³-hybridized carbons (Fsp3) is 0.261. The van der Waals surface area contributed by atoms with Gasteiger partial charge in [-0.2, -0.15) is 0 Å². The number of carbonyl (C=O) groups excluding carboxylic acids is 2. The second kappa shape index (κ2) is 7.67. The Kier molecular flexibility index (Phi) is 5.03. The van der Waals surface area contributed by atoms with Gasteiger partial charge in [-0.25, -0.2) is 4.79 Å². The Morgan fingerprint density at radius 3 is 2.47 bits per heavy atom. The maximum Gasteiger partial charge on any atom is 0.335 e. The van der Waals surface area contributed by atoms with E-state index in [1.807, 2.05) is 36.4 Å². The van der Waals surface area contributed by atoms with E-state index < -0.39 is 12.0 Å². The van der Waals surface area contributed by atoms with Gasteiger partial charge >= 0.3 is 5.97 Å². The number of carboxylic acids is 1. The van der Waals surface area contributed by atoms with Crippen molar-refractivity contribution in [1.82, 2.24) is 14.4 Å². The number of carbonyl (C=O) groups is 3. The zero-order chi connectivity index (χ0) is 21.4. The summed E-state index contributed by atoms with van der Waals surface area (Å²) in [6.45, 7) is 1.02. The van der Waals surface area contributed by atoms with Crippen molar-refractivity contribution in [2.24, 2.45) is 0 Å². The Hall–Kier alpha value is -3.61. The molecule has 0 radical (unpaired) electrons. The number of carboxylic acid groups (broad SMARTS) is 1. The highest BCUT2D eigenvalue weighted by atomic mass is 16.4. The maximum absolute atomic E-state index is 13.0. The third kappa shape index (κ3) is 3.22. The smallest absolute Gasteiger partial charge is 0.335 e. The van der Waals surface area contributed by atoms with Crippen molar-refractivity contribution in [3.05, 3.63) is 70.9 Å². The zero-order valence-electron chi connectivity index (χ0n) is 16.9. The number of aromatic nitrogens is 1. The topological polar surface area (TPSA) is 82.8 Å². The van der Waals surface area contributed by atoms with Gasteiger partial charge in [-0.3, -0.25) is 9.59 Å². The molecule has 2 amide bonds. The third-order valence-electron chi connectivity index (χ3n) is 5.69. The van der Waals surface area contributed by atoms with Gasteiger partial charge in [0.2, 0.25) is 12.3 Å². The van der Waals surface area contributed by atoms with Crippen molar-refractivity contribution < 1.29 is 19.5 Å². The lowest BCUT2D eigenvalue weighted by atomic mass is 9.95. The molecule has 1 aliphatic rings. The molecule has 0 fully saturated rings. The fourth-order valence-electron chi connectivity index (χ4n) is 4.23. The van der Waals surface area contributed by atoms with Crippen LogP contribution >= 0.6 is 0 Å². The van der Waals surface area contributed by atoms with Gasteiger partial charge in [-0.1, -0.05) is 30.3 Å². The molecule has 0 bridgehead atoms. The number of aromatic carboxylic acids is 1. The molecule has 1 N–H and O–H groups in total. The molecule has 154 valence electrons. The van der Waals surface area contributed by atoms with Gasteiger partial charge in [-0.05, 0) is 23.8 Å². The molecule has 7 heteroatoms. The first-order chi connectivity index (χ1) is 14.4. The number of fused-ring (bicyclic) bond motifs is 3. The van der Waals surface area contributed by atoms with Crippen molar-refractivity contribution in [3.63, 3.8) is 0 Å². The monoisotopic (exact) mass is 405 g/mol. The van der Waals surface area contributed by atoms with Crippen LogP contribution in [0.5, 0.6) is 0 Å². The number of hydrogen-bond donors (Lipinski definition) is 1. The summed E-state index contributed by atoms with van der Waals surface area (Å²) < 4.78 is 2.18. The van der Waals surface area contributed by atoms with Crippen molar-refractivity contribution >= 4 is 29.2 Å². The average Bonchev–Trinajstić information content (AvgIpc) is 3.06. The number of amides is 2. The second-order valence-corrected chi connectivity index (χ2v) is 7.69. The molecule has 1 aliphatic heterocycles. The first-order valence-electron chi connectivity index (χ1n) is 9.76. The molecular weight excluding hydrogens is 382 g/mol. The summed E-state index contributed by atoms with van der Waals surface area (Å²) in [5, 5.41) is 10.1. The van der Waals surface area contributed by atoms with Crippen LogP contribution in [-0.4, -0.2) is 58.4 Å². The van der Waals surface area contributed by atoms with Crippen molar-refractivity contribution in [2.45, 2.75) is 19.0 Å².